The maximum absolute atomic E-state index is 12.6. The molecule has 0 aliphatic carbocycles. The Kier molecular flexibility index (Phi) is 9.01. The molecule has 1 aromatic carbocycles. The lowest BCUT2D eigenvalue weighted by atomic mass is 10.3. The number of benzene rings is 1. The number of nitrogens with one attached hydrogen (secondary N) is 1. The van der Waals surface area contributed by atoms with Gasteiger partial charge >= 0.3 is 5.97 Å². The van der Waals surface area contributed by atoms with Gasteiger partial charge in [0, 0.05) is 16.4 Å². The molecule has 1 N–H and O–H groups in total. The lowest BCUT2D eigenvalue weighted by molar-refractivity contribution is -0.113. The molecule has 0 fully saturated rings. The number of esters is 1. The largest absolute Gasteiger partial charge is 0.481 e. The number of aryl methyl sites for hydroxylation is 1. The van der Waals surface area contributed by atoms with E-state index in [4.69, 9.17) is 32.7 Å². The maximum Gasteiger partial charge on any atom is 0.340 e. The highest BCUT2D eigenvalue weighted by Crippen LogP contribution is 2.32. The summed E-state index contributed by atoms with van der Waals surface area (Å²) in [4.78, 5) is 25.4. The van der Waals surface area contributed by atoms with Crippen LogP contribution in [0.1, 0.15) is 34.1 Å². The van der Waals surface area contributed by atoms with Crippen molar-refractivity contribution in [3.63, 3.8) is 0 Å². The molecule has 1 atom stereocenters. The van der Waals surface area contributed by atoms with Crippen LogP contribution in [0.15, 0.2) is 42.1 Å². The number of methoxy groups -OCH3 is 1. The van der Waals surface area contributed by atoms with Gasteiger partial charge in [-0.25, -0.2) is 4.79 Å². The standard InChI is InChI=1S/C22H22Cl2N4O4S2/c1-5-8-28-19(13(3)32-17-7-6-14(23)10-16(17)24)26-27-22(28)33-11-18(29)25-20-15(21(30)31-4)9-12(2)34-20/h5-7,9-10,13H,1,8,11H2,2-4H3,(H,25,29). The minimum absolute atomic E-state index is 0.0606. The van der Waals surface area contributed by atoms with Crippen molar-refractivity contribution in [2.24, 2.45) is 0 Å². The third kappa shape index (κ3) is 6.32. The molecule has 2 aromatic heterocycles. The summed E-state index contributed by atoms with van der Waals surface area (Å²) >= 11 is 14.7. The predicted molar refractivity (Wildman–Crippen MR) is 135 cm³/mol. The zero-order valence-corrected chi connectivity index (χ0v) is 21.8. The third-order valence-corrected chi connectivity index (χ3v) is 6.93. The van der Waals surface area contributed by atoms with Gasteiger partial charge < -0.3 is 14.8 Å². The first-order valence-electron chi connectivity index (χ1n) is 10.0. The molecule has 0 saturated heterocycles. The first-order chi connectivity index (χ1) is 16.2. The van der Waals surface area contributed by atoms with E-state index in [9.17, 15) is 9.59 Å². The first kappa shape index (κ1) is 26.1. The fourth-order valence-corrected chi connectivity index (χ4v) is 5.11. The molecule has 3 rings (SSSR count). The van der Waals surface area contributed by atoms with Crippen molar-refractivity contribution in [3.05, 3.63) is 63.2 Å². The number of nitrogens with zero attached hydrogens (tertiary/aromatic N) is 3. The number of amides is 1. The number of carbonyl (C=O) groups is 2. The van der Waals surface area contributed by atoms with Crippen molar-refractivity contribution in [2.45, 2.75) is 31.7 Å². The van der Waals surface area contributed by atoms with E-state index in [0.717, 1.165) is 4.88 Å². The van der Waals surface area contributed by atoms with Crippen LogP contribution >= 0.6 is 46.3 Å². The van der Waals surface area contributed by atoms with Crippen LogP contribution in [0, 0.1) is 6.92 Å². The fraction of sp³-hybridized carbons (Fsp3) is 0.273. The number of anilines is 1. The Morgan fingerprint density at radius 1 is 1.32 bits per heavy atom. The van der Waals surface area contributed by atoms with Crippen molar-refractivity contribution < 1.29 is 19.1 Å². The van der Waals surface area contributed by atoms with E-state index in [1.54, 1.807) is 30.3 Å². The maximum atomic E-state index is 12.6. The van der Waals surface area contributed by atoms with Crippen molar-refractivity contribution in [1.29, 1.82) is 0 Å². The molecule has 0 saturated carbocycles. The summed E-state index contributed by atoms with van der Waals surface area (Å²) in [7, 11) is 1.30. The second-order valence-corrected chi connectivity index (χ2v) is 10.0. The van der Waals surface area contributed by atoms with Crippen molar-refractivity contribution in [1.82, 2.24) is 14.8 Å². The van der Waals surface area contributed by atoms with E-state index in [1.807, 2.05) is 18.4 Å². The van der Waals surface area contributed by atoms with Crippen LogP contribution in [0.4, 0.5) is 5.00 Å². The van der Waals surface area contributed by atoms with Gasteiger partial charge in [0.2, 0.25) is 5.91 Å². The van der Waals surface area contributed by atoms with Crippen molar-refractivity contribution in [3.8, 4) is 5.75 Å². The number of allylic oxidation sites excluding steroid dienone is 1. The van der Waals surface area contributed by atoms with E-state index in [-0.39, 0.29) is 11.7 Å². The number of ether oxygens (including phenoxy) is 2. The number of hydrogen-bond acceptors (Lipinski definition) is 8. The fourth-order valence-electron chi connectivity index (χ4n) is 2.98. The van der Waals surface area contributed by atoms with Crippen LogP contribution in [0.3, 0.4) is 0 Å². The average molecular weight is 541 g/mol. The molecule has 0 aliphatic rings. The van der Waals surface area contributed by atoms with E-state index in [0.29, 0.717) is 43.9 Å². The van der Waals surface area contributed by atoms with E-state index in [1.165, 1.54) is 30.2 Å². The smallest absolute Gasteiger partial charge is 0.340 e. The highest BCUT2D eigenvalue weighted by Gasteiger charge is 2.22. The van der Waals surface area contributed by atoms with Crippen LogP contribution in [0.25, 0.3) is 0 Å². The average Bonchev–Trinajstić information content (AvgIpc) is 3.36. The Morgan fingerprint density at radius 2 is 2.09 bits per heavy atom. The first-order valence-corrected chi connectivity index (χ1v) is 12.6. The number of aromatic nitrogens is 3. The summed E-state index contributed by atoms with van der Waals surface area (Å²) in [5.41, 5.74) is 0.326. The second-order valence-electron chi connectivity index (χ2n) is 7.00. The molecule has 0 radical (unpaired) electrons. The molecule has 34 heavy (non-hydrogen) atoms. The van der Waals surface area contributed by atoms with Gasteiger partial charge in [0.05, 0.1) is 23.4 Å². The lowest BCUT2D eigenvalue weighted by Gasteiger charge is -2.16. The number of rotatable bonds is 10. The molecule has 3 aromatic rings. The quantitative estimate of drug-likeness (QED) is 0.197. The Balaban J connectivity index is 1.70. The Hall–Kier alpha value is -2.53. The van der Waals surface area contributed by atoms with Crippen LogP contribution in [0.5, 0.6) is 5.75 Å². The zero-order valence-electron chi connectivity index (χ0n) is 18.6. The molecule has 0 bridgehead atoms. The highest BCUT2D eigenvalue weighted by atomic mass is 35.5. The molecule has 8 nitrogen and oxygen atoms in total. The van der Waals surface area contributed by atoms with Gasteiger partial charge in [-0.2, -0.15) is 0 Å². The molecule has 12 heteroatoms. The minimum atomic E-state index is -0.502. The number of halogens is 2. The molecular formula is C22H22Cl2N4O4S2. The van der Waals surface area contributed by atoms with Gasteiger partial charge in [0.1, 0.15) is 10.8 Å². The summed E-state index contributed by atoms with van der Waals surface area (Å²) in [6.45, 7) is 7.88. The SMILES string of the molecule is C=CCn1c(SCC(=O)Nc2sc(C)cc2C(=O)OC)nnc1C(C)Oc1ccc(Cl)cc1Cl. The summed E-state index contributed by atoms with van der Waals surface area (Å²) in [5, 5.41) is 13.1. The number of hydrogen-bond donors (Lipinski definition) is 1. The van der Waals surface area contributed by atoms with Gasteiger partial charge in [-0.3, -0.25) is 9.36 Å². The summed E-state index contributed by atoms with van der Waals surface area (Å²) in [6.07, 6.45) is 1.22. The topological polar surface area (TPSA) is 95.3 Å². The van der Waals surface area contributed by atoms with Crippen LogP contribution in [0.2, 0.25) is 10.0 Å². The van der Waals surface area contributed by atoms with E-state index < -0.39 is 12.1 Å². The van der Waals surface area contributed by atoms with Crippen LogP contribution in [-0.2, 0) is 16.1 Å². The van der Waals surface area contributed by atoms with E-state index >= 15 is 0 Å². The molecule has 0 spiro atoms. The third-order valence-electron chi connectivity index (χ3n) is 4.46. The molecular weight excluding hydrogens is 519 g/mol. The summed E-state index contributed by atoms with van der Waals surface area (Å²) in [6, 6.07) is 6.65. The monoisotopic (exact) mass is 540 g/mol. The van der Waals surface area contributed by atoms with Crippen LogP contribution in [-0.4, -0.2) is 39.5 Å². The Bertz CT molecular complexity index is 1210. The molecule has 1 unspecified atom stereocenters. The van der Waals surface area contributed by atoms with Gasteiger partial charge in [-0.05, 0) is 38.1 Å². The van der Waals surface area contributed by atoms with Gasteiger partial charge in [-0.15, -0.1) is 28.1 Å². The molecule has 0 aliphatic heterocycles. The van der Waals surface area contributed by atoms with Gasteiger partial charge in [0.25, 0.3) is 0 Å². The number of carbonyl (C=O) groups excluding carboxylic acids is 2. The Morgan fingerprint density at radius 3 is 2.76 bits per heavy atom. The Labute approximate surface area is 215 Å². The highest BCUT2D eigenvalue weighted by molar-refractivity contribution is 7.99. The van der Waals surface area contributed by atoms with Crippen molar-refractivity contribution in [2.75, 3.05) is 18.2 Å². The minimum Gasteiger partial charge on any atom is -0.481 e. The molecule has 1 amide bonds. The van der Waals surface area contributed by atoms with E-state index in [2.05, 4.69) is 22.1 Å². The summed E-state index contributed by atoms with van der Waals surface area (Å²) < 4.78 is 12.6. The lowest BCUT2D eigenvalue weighted by Crippen LogP contribution is -2.16. The second kappa shape index (κ2) is 11.7. The predicted octanol–water partition coefficient (Wildman–Crippen LogP) is 5.80. The molecule has 2 heterocycles. The molecule has 180 valence electrons. The summed E-state index contributed by atoms with van der Waals surface area (Å²) in [5.74, 6) is 0.287. The van der Waals surface area contributed by atoms with Crippen LogP contribution < -0.4 is 10.1 Å². The van der Waals surface area contributed by atoms with Crippen molar-refractivity contribution >= 4 is 63.2 Å². The normalized spacial score (nSPS) is 11.7. The number of thiophene rings is 1. The van der Waals surface area contributed by atoms with Gasteiger partial charge in [0.15, 0.2) is 17.1 Å². The zero-order chi connectivity index (χ0) is 24.8. The van der Waals surface area contributed by atoms with Gasteiger partial charge in [-0.1, -0.05) is 41.0 Å². The number of thioether (sulfide) groups is 1.